The molecule has 0 aliphatic carbocycles. The van der Waals surface area contributed by atoms with Gasteiger partial charge in [0, 0.05) is 72.8 Å². The van der Waals surface area contributed by atoms with Crippen molar-refractivity contribution in [1.29, 1.82) is 0 Å². The Morgan fingerprint density at radius 2 is 1.87 bits per heavy atom. The Morgan fingerprint density at radius 1 is 1.08 bits per heavy atom. The Kier molecular flexibility index (Phi) is 6.60. The SMILES string of the molecule is COc1ccc(-c2ccc3oc4ccc(=O)n(-c5ccc(NC(=O)CC6CNCCN6C)cc5)c4c3c2)cn1. The molecule has 6 rings (SSSR count). The molecule has 1 saturated heterocycles. The van der Waals surface area contributed by atoms with Crippen LogP contribution < -0.4 is 20.9 Å². The standard InChI is InChI=1S/C30H29N5O4/c1-34-14-13-31-18-23(34)16-27(36)33-21-5-7-22(8-6-21)35-29(37)12-10-26-30(35)24-15-19(3-9-25(24)39-26)20-4-11-28(38-2)32-17-20/h3-12,15,17,23,31H,13-14,16,18H2,1-2H3,(H,33,36). The molecule has 0 radical (unpaired) electrons. The number of fused-ring (bicyclic) bond motifs is 3. The van der Waals surface area contributed by atoms with Crippen molar-refractivity contribution in [2.24, 2.45) is 0 Å². The van der Waals surface area contributed by atoms with Gasteiger partial charge >= 0.3 is 0 Å². The molecule has 39 heavy (non-hydrogen) atoms. The molecule has 1 aliphatic rings. The Bertz CT molecular complexity index is 1710. The zero-order valence-corrected chi connectivity index (χ0v) is 21.8. The maximum Gasteiger partial charge on any atom is 0.255 e. The lowest BCUT2D eigenvalue weighted by Crippen LogP contribution is -2.50. The van der Waals surface area contributed by atoms with Gasteiger partial charge in [-0.3, -0.25) is 14.2 Å². The molecular formula is C30H29N5O4. The Labute approximate surface area is 225 Å². The molecule has 1 aliphatic heterocycles. The molecule has 1 unspecified atom stereocenters. The second-order valence-corrected chi connectivity index (χ2v) is 9.76. The number of rotatable bonds is 6. The van der Waals surface area contributed by atoms with Crippen LogP contribution in [-0.4, -0.2) is 60.2 Å². The van der Waals surface area contributed by atoms with Crippen LogP contribution in [0.2, 0.25) is 0 Å². The summed E-state index contributed by atoms with van der Waals surface area (Å²) in [5.74, 6) is 0.504. The predicted octanol–water partition coefficient (Wildman–Crippen LogP) is 4.04. The molecule has 9 nitrogen and oxygen atoms in total. The van der Waals surface area contributed by atoms with E-state index in [0.29, 0.717) is 40.4 Å². The molecule has 2 N–H and O–H groups in total. The number of carbonyl (C=O) groups is 1. The minimum atomic E-state index is -0.175. The molecule has 0 spiro atoms. The second kappa shape index (κ2) is 10.4. The molecule has 0 bridgehead atoms. The molecule has 1 amide bonds. The molecule has 3 aromatic heterocycles. The van der Waals surface area contributed by atoms with Gasteiger partial charge in [-0.05, 0) is 61.1 Å². The molecule has 198 valence electrons. The van der Waals surface area contributed by atoms with E-state index in [9.17, 15) is 9.59 Å². The third-order valence-electron chi connectivity index (χ3n) is 7.26. The third-order valence-corrected chi connectivity index (χ3v) is 7.26. The minimum Gasteiger partial charge on any atom is -0.481 e. The summed E-state index contributed by atoms with van der Waals surface area (Å²) in [5, 5.41) is 7.14. The minimum absolute atomic E-state index is 0.0380. The summed E-state index contributed by atoms with van der Waals surface area (Å²) in [6.45, 7) is 2.66. The third kappa shape index (κ3) is 4.89. The van der Waals surface area contributed by atoms with Gasteiger partial charge < -0.3 is 24.7 Å². The molecule has 5 aromatic rings. The number of pyridine rings is 2. The Balaban J connectivity index is 1.32. The van der Waals surface area contributed by atoms with E-state index in [1.165, 1.54) is 6.07 Å². The number of piperazine rings is 1. The zero-order valence-electron chi connectivity index (χ0n) is 21.8. The lowest BCUT2D eigenvalue weighted by atomic mass is 10.1. The molecule has 1 fully saturated rings. The van der Waals surface area contributed by atoms with Gasteiger partial charge in [-0.15, -0.1) is 0 Å². The summed E-state index contributed by atoms with van der Waals surface area (Å²) in [6.07, 6.45) is 2.17. The monoisotopic (exact) mass is 523 g/mol. The van der Waals surface area contributed by atoms with Gasteiger partial charge in [0.25, 0.3) is 5.56 Å². The summed E-state index contributed by atoms with van der Waals surface area (Å²) in [4.78, 5) is 32.3. The highest BCUT2D eigenvalue weighted by Crippen LogP contribution is 2.33. The van der Waals surface area contributed by atoms with E-state index < -0.39 is 0 Å². The number of benzene rings is 2. The normalized spacial score (nSPS) is 16.0. The fourth-order valence-electron chi connectivity index (χ4n) is 5.10. The first-order chi connectivity index (χ1) is 19.0. The van der Waals surface area contributed by atoms with Crippen molar-refractivity contribution in [3.63, 3.8) is 0 Å². The van der Waals surface area contributed by atoms with E-state index in [4.69, 9.17) is 9.15 Å². The van der Waals surface area contributed by atoms with E-state index in [1.54, 1.807) is 23.9 Å². The van der Waals surface area contributed by atoms with Crippen molar-refractivity contribution in [2.75, 3.05) is 39.1 Å². The van der Waals surface area contributed by atoms with E-state index >= 15 is 0 Å². The number of nitrogens with one attached hydrogen (secondary N) is 2. The lowest BCUT2D eigenvalue weighted by Gasteiger charge is -2.32. The number of likely N-dealkylation sites (N-methyl/N-ethyl adjacent to an activating group) is 1. The van der Waals surface area contributed by atoms with Crippen molar-refractivity contribution >= 4 is 33.7 Å². The number of amides is 1. The van der Waals surface area contributed by atoms with Crippen LogP contribution in [0.4, 0.5) is 5.69 Å². The van der Waals surface area contributed by atoms with Crippen molar-refractivity contribution in [3.05, 3.63) is 83.3 Å². The number of ether oxygens (including phenoxy) is 1. The van der Waals surface area contributed by atoms with Gasteiger partial charge in [-0.1, -0.05) is 6.07 Å². The van der Waals surface area contributed by atoms with Crippen LogP contribution >= 0.6 is 0 Å². The van der Waals surface area contributed by atoms with Gasteiger partial charge in [0.1, 0.15) is 11.1 Å². The fraction of sp³-hybridized carbons (Fsp3) is 0.233. The van der Waals surface area contributed by atoms with E-state index in [1.807, 2.05) is 61.6 Å². The number of furan rings is 1. The van der Waals surface area contributed by atoms with E-state index in [2.05, 4.69) is 20.5 Å². The van der Waals surface area contributed by atoms with Crippen molar-refractivity contribution in [1.82, 2.24) is 19.8 Å². The Hall–Kier alpha value is -4.47. The van der Waals surface area contributed by atoms with E-state index in [-0.39, 0.29) is 17.5 Å². The molecule has 9 heteroatoms. The summed E-state index contributed by atoms with van der Waals surface area (Å²) < 4.78 is 12.9. The first-order valence-corrected chi connectivity index (χ1v) is 12.9. The highest BCUT2D eigenvalue weighted by Gasteiger charge is 2.21. The van der Waals surface area contributed by atoms with Gasteiger partial charge in [-0.2, -0.15) is 0 Å². The molecule has 4 heterocycles. The fourth-order valence-corrected chi connectivity index (χ4v) is 5.10. The summed E-state index contributed by atoms with van der Waals surface area (Å²) in [5.41, 5.74) is 5.03. The lowest BCUT2D eigenvalue weighted by molar-refractivity contribution is -0.117. The zero-order chi connectivity index (χ0) is 26.9. The smallest absolute Gasteiger partial charge is 0.255 e. The summed E-state index contributed by atoms with van der Waals surface area (Å²) in [7, 11) is 3.63. The van der Waals surface area contributed by atoms with Crippen LogP contribution in [0, 0.1) is 0 Å². The molecule has 0 saturated carbocycles. The van der Waals surface area contributed by atoms with Crippen molar-refractivity contribution in [2.45, 2.75) is 12.5 Å². The second-order valence-electron chi connectivity index (χ2n) is 9.76. The van der Waals surface area contributed by atoms with Gasteiger partial charge in [0.15, 0.2) is 5.58 Å². The van der Waals surface area contributed by atoms with E-state index in [0.717, 1.165) is 36.1 Å². The first kappa shape index (κ1) is 24.8. The molecule has 2 aromatic carbocycles. The number of hydrogen-bond acceptors (Lipinski definition) is 7. The highest BCUT2D eigenvalue weighted by molar-refractivity contribution is 6.05. The van der Waals surface area contributed by atoms with Crippen LogP contribution in [-0.2, 0) is 4.79 Å². The first-order valence-electron chi connectivity index (χ1n) is 12.9. The highest BCUT2D eigenvalue weighted by atomic mass is 16.5. The number of nitrogens with zero attached hydrogens (tertiary/aromatic N) is 3. The summed E-state index contributed by atoms with van der Waals surface area (Å²) >= 11 is 0. The number of aromatic nitrogens is 2. The number of carbonyl (C=O) groups excluding carboxylic acids is 1. The van der Waals surface area contributed by atoms with Crippen molar-refractivity contribution < 1.29 is 13.9 Å². The number of methoxy groups -OCH3 is 1. The maximum atomic E-state index is 13.1. The number of anilines is 1. The van der Waals surface area contributed by atoms with Crippen LogP contribution in [0.1, 0.15) is 6.42 Å². The van der Waals surface area contributed by atoms with Gasteiger partial charge in [0.05, 0.1) is 7.11 Å². The molecule has 1 atom stereocenters. The van der Waals surface area contributed by atoms with Crippen LogP contribution in [0.5, 0.6) is 5.88 Å². The van der Waals surface area contributed by atoms with Crippen LogP contribution in [0.25, 0.3) is 38.9 Å². The largest absolute Gasteiger partial charge is 0.481 e. The maximum absolute atomic E-state index is 13.1. The number of hydrogen-bond donors (Lipinski definition) is 2. The topological polar surface area (TPSA) is 102 Å². The molecular weight excluding hydrogens is 494 g/mol. The predicted molar refractivity (Wildman–Crippen MR) is 152 cm³/mol. The average Bonchev–Trinajstić information content (AvgIpc) is 3.33. The van der Waals surface area contributed by atoms with Gasteiger partial charge in [0.2, 0.25) is 11.8 Å². The average molecular weight is 524 g/mol. The van der Waals surface area contributed by atoms with Crippen molar-refractivity contribution in [3.8, 4) is 22.7 Å². The van der Waals surface area contributed by atoms with Crippen LogP contribution in [0.15, 0.2) is 82.1 Å². The quantitative estimate of drug-likeness (QED) is 0.346. The van der Waals surface area contributed by atoms with Gasteiger partial charge in [-0.25, -0.2) is 4.98 Å². The Morgan fingerprint density at radius 3 is 2.62 bits per heavy atom. The summed E-state index contributed by atoms with van der Waals surface area (Å²) in [6, 6.07) is 20.3. The van der Waals surface area contributed by atoms with Crippen LogP contribution in [0.3, 0.4) is 0 Å².